The van der Waals surface area contributed by atoms with Crippen LogP contribution in [0.3, 0.4) is 0 Å². The normalized spacial score (nSPS) is 30.6. The van der Waals surface area contributed by atoms with Crippen LogP contribution >= 0.6 is 0 Å². The molecular formula is C13H25N3O. The number of hydrogen-bond donors (Lipinski definition) is 2. The molecule has 3 N–H and O–H groups in total. The molecule has 0 aromatic carbocycles. The minimum absolute atomic E-state index is 0.107. The van der Waals surface area contributed by atoms with Crippen LogP contribution in [-0.2, 0) is 0 Å². The highest BCUT2D eigenvalue weighted by Crippen LogP contribution is 2.23. The van der Waals surface area contributed by atoms with Gasteiger partial charge in [-0.05, 0) is 37.5 Å². The smallest absolute Gasteiger partial charge is 0.317 e. The Morgan fingerprint density at radius 3 is 2.59 bits per heavy atom. The zero-order valence-electron chi connectivity index (χ0n) is 10.8. The SMILES string of the molecule is CC1CCN(C(=O)NCC2CCCC2N)CC1. The van der Waals surface area contributed by atoms with Gasteiger partial charge in [-0.1, -0.05) is 13.3 Å². The van der Waals surface area contributed by atoms with E-state index in [2.05, 4.69) is 12.2 Å². The van der Waals surface area contributed by atoms with Crippen molar-refractivity contribution in [3.63, 3.8) is 0 Å². The van der Waals surface area contributed by atoms with Crippen molar-refractivity contribution in [1.29, 1.82) is 0 Å². The summed E-state index contributed by atoms with van der Waals surface area (Å²) in [5.41, 5.74) is 6.00. The third-order valence-corrected chi connectivity index (χ3v) is 4.30. The van der Waals surface area contributed by atoms with E-state index in [4.69, 9.17) is 5.73 Å². The van der Waals surface area contributed by atoms with Gasteiger partial charge in [0.2, 0.25) is 0 Å². The summed E-state index contributed by atoms with van der Waals surface area (Å²) in [4.78, 5) is 13.9. The van der Waals surface area contributed by atoms with Gasteiger partial charge in [0.15, 0.2) is 0 Å². The lowest BCUT2D eigenvalue weighted by Gasteiger charge is -2.31. The highest BCUT2D eigenvalue weighted by Gasteiger charge is 2.25. The van der Waals surface area contributed by atoms with Crippen molar-refractivity contribution in [3.8, 4) is 0 Å². The lowest BCUT2D eigenvalue weighted by molar-refractivity contribution is 0.172. The minimum Gasteiger partial charge on any atom is -0.338 e. The molecule has 0 spiro atoms. The summed E-state index contributed by atoms with van der Waals surface area (Å²) < 4.78 is 0. The summed E-state index contributed by atoms with van der Waals surface area (Å²) in [6.07, 6.45) is 5.76. The van der Waals surface area contributed by atoms with Gasteiger partial charge >= 0.3 is 6.03 Å². The van der Waals surface area contributed by atoms with Crippen molar-refractivity contribution in [3.05, 3.63) is 0 Å². The van der Waals surface area contributed by atoms with Gasteiger partial charge in [0.05, 0.1) is 0 Å². The molecular weight excluding hydrogens is 214 g/mol. The zero-order valence-corrected chi connectivity index (χ0v) is 10.8. The molecule has 2 atom stereocenters. The third kappa shape index (κ3) is 3.35. The van der Waals surface area contributed by atoms with E-state index in [0.717, 1.165) is 44.8 Å². The Hall–Kier alpha value is -0.770. The first-order valence-electron chi connectivity index (χ1n) is 6.95. The molecule has 2 amide bonds. The van der Waals surface area contributed by atoms with Gasteiger partial charge in [0.25, 0.3) is 0 Å². The van der Waals surface area contributed by atoms with Gasteiger partial charge in [0.1, 0.15) is 0 Å². The second kappa shape index (κ2) is 5.71. The van der Waals surface area contributed by atoms with Crippen LogP contribution in [0.25, 0.3) is 0 Å². The first-order valence-corrected chi connectivity index (χ1v) is 6.95. The van der Waals surface area contributed by atoms with E-state index in [-0.39, 0.29) is 12.1 Å². The van der Waals surface area contributed by atoms with Crippen LogP contribution < -0.4 is 11.1 Å². The largest absolute Gasteiger partial charge is 0.338 e. The van der Waals surface area contributed by atoms with E-state index >= 15 is 0 Å². The number of carbonyl (C=O) groups is 1. The number of carbonyl (C=O) groups excluding carboxylic acids is 1. The minimum atomic E-state index is 0.107. The molecule has 1 aliphatic heterocycles. The maximum Gasteiger partial charge on any atom is 0.317 e. The van der Waals surface area contributed by atoms with Crippen molar-refractivity contribution < 1.29 is 4.79 Å². The van der Waals surface area contributed by atoms with Crippen molar-refractivity contribution in [2.24, 2.45) is 17.6 Å². The number of rotatable bonds is 2. The highest BCUT2D eigenvalue weighted by atomic mass is 16.2. The third-order valence-electron chi connectivity index (χ3n) is 4.30. The van der Waals surface area contributed by atoms with Gasteiger partial charge < -0.3 is 16.0 Å². The Morgan fingerprint density at radius 1 is 1.29 bits per heavy atom. The summed E-state index contributed by atoms with van der Waals surface area (Å²) >= 11 is 0. The second-order valence-electron chi connectivity index (χ2n) is 5.71. The fourth-order valence-corrected chi connectivity index (χ4v) is 2.86. The van der Waals surface area contributed by atoms with E-state index in [1.165, 1.54) is 12.8 Å². The maximum absolute atomic E-state index is 11.9. The van der Waals surface area contributed by atoms with Crippen LogP contribution in [0.2, 0.25) is 0 Å². The van der Waals surface area contributed by atoms with Crippen LogP contribution in [0.15, 0.2) is 0 Å². The highest BCUT2D eigenvalue weighted by molar-refractivity contribution is 5.74. The molecule has 1 saturated carbocycles. The molecule has 0 aromatic rings. The molecule has 0 aromatic heterocycles. The van der Waals surface area contributed by atoms with Crippen LogP contribution in [0.1, 0.15) is 39.0 Å². The number of nitrogens with zero attached hydrogens (tertiary/aromatic N) is 1. The standard InChI is InChI=1S/C13H25N3O/c1-10-5-7-16(8-6-10)13(17)15-9-11-3-2-4-12(11)14/h10-12H,2-9,14H2,1H3,(H,15,17). The van der Waals surface area contributed by atoms with E-state index in [1.54, 1.807) is 0 Å². The number of nitrogens with one attached hydrogen (secondary N) is 1. The topological polar surface area (TPSA) is 58.4 Å². The van der Waals surface area contributed by atoms with Crippen molar-refractivity contribution >= 4 is 6.03 Å². The monoisotopic (exact) mass is 239 g/mol. The van der Waals surface area contributed by atoms with Crippen molar-refractivity contribution in [2.45, 2.75) is 45.1 Å². The Morgan fingerprint density at radius 2 is 2.00 bits per heavy atom. The van der Waals surface area contributed by atoms with E-state index in [0.29, 0.717) is 5.92 Å². The Kier molecular flexibility index (Phi) is 4.26. The van der Waals surface area contributed by atoms with Gasteiger partial charge in [-0.2, -0.15) is 0 Å². The molecule has 4 nitrogen and oxygen atoms in total. The average molecular weight is 239 g/mol. The molecule has 0 radical (unpaired) electrons. The lowest BCUT2D eigenvalue weighted by Crippen LogP contribution is -2.46. The number of likely N-dealkylation sites (tertiary alicyclic amines) is 1. The molecule has 98 valence electrons. The van der Waals surface area contributed by atoms with Gasteiger partial charge in [-0.15, -0.1) is 0 Å². The van der Waals surface area contributed by atoms with Gasteiger partial charge in [-0.3, -0.25) is 0 Å². The number of nitrogens with two attached hydrogens (primary N) is 1. The molecule has 1 heterocycles. The first kappa shape index (κ1) is 12.7. The number of hydrogen-bond acceptors (Lipinski definition) is 2. The fourth-order valence-electron chi connectivity index (χ4n) is 2.86. The quantitative estimate of drug-likeness (QED) is 0.768. The van der Waals surface area contributed by atoms with E-state index < -0.39 is 0 Å². The van der Waals surface area contributed by atoms with E-state index in [1.807, 2.05) is 4.90 Å². The molecule has 0 bridgehead atoms. The molecule has 1 saturated heterocycles. The zero-order chi connectivity index (χ0) is 12.3. The molecule has 2 fully saturated rings. The summed E-state index contributed by atoms with van der Waals surface area (Å²) in [5.74, 6) is 1.25. The summed E-state index contributed by atoms with van der Waals surface area (Å²) in [6.45, 7) is 4.83. The van der Waals surface area contributed by atoms with Crippen LogP contribution in [-0.4, -0.2) is 36.6 Å². The predicted octanol–water partition coefficient (Wildman–Crippen LogP) is 1.56. The molecule has 1 aliphatic carbocycles. The van der Waals surface area contributed by atoms with Crippen LogP contribution in [0.5, 0.6) is 0 Å². The number of urea groups is 1. The Balaban J connectivity index is 1.70. The molecule has 2 rings (SSSR count). The summed E-state index contributed by atoms with van der Waals surface area (Å²) in [6, 6.07) is 0.396. The predicted molar refractivity (Wildman–Crippen MR) is 68.7 cm³/mol. The maximum atomic E-state index is 11.9. The molecule has 2 aliphatic rings. The number of piperidine rings is 1. The second-order valence-corrected chi connectivity index (χ2v) is 5.71. The molecule has 17 heavy (non-hydrogen) atoms. The van der Waals surface area contributed by atoms with Gasteiger partial charge in [-0.25, -0.2) is 4.79 Å². The number of amides is 2. The van der Waals surface area contributed by atoms with Crippen LogP contribution in [0.4, 0.5) is 4.79 Å². The van der Waals surface area contributed by atoms with E-state index in [9.17, 15) is 4.79 Å². The van der Waals surface area contributed by atoms with Crippen molar-refractivity contribution in [2.75, 3.05) is 19.6 Å². The Labute approximate surface area is 104 Å². The van der Waals surface area contributed by atoms with Crippen molar-refractivity contribution in [1.82, 2.24) is 10.2 Å². The van der Waals surface area contributed by atoms with Gasteiger partial charge in [0, 0.05) is 25.7 Å². The lowest BCUT2D eigenvalue weighted by atomic mass is 9.99. The summed E-state index contributed by atoms with van der Waals surface area (Å²) in [5, 5.41) is 3.05. The Bertz CT molecular complexity index is 261. The average Bonchev–Trinajstić information content (AvgIpc) is 2.73. The summed E-state index contributed by atoms with van der Waals surface area (Å²) in [7, 11) is 0. The first-order chi connectivity index (χ1) is 8.16. The van der Waals surface area contributed by atoms with Crippen LogP contribution in [0, 0.1) is 11.8 Å². The fraction of sp³-hybridized carbons (Fsp3) is 0.923. The molecule has 2 unspecified atom stereocenters. The molecule has 4 heteroatoms.